The minimum absolute atomic E-state index is 0.102. The molecule has 0 fully saturated rings. The molecule has 8 nitrogen and oxygen atoms in total. The van der Waals surface area contributed by atoms with Gasteiger partial charge in [-0.15, -0.1) is 10.2 Å². The Bertz CT molecular complexity index is 1270. The van der Waals surface area contributed by atoms with Crippen LogP contribution in [0.4, 0.5) is 13.2 Å². The number of rotatable bonds is 2. The lowest BCUT2D eigenvalue weighted by Gasteiger charge is -2.09. The Kier molecular flexibility index (Phi) is 3.72. The zero-order valence-electron chi connectivity index (χ0n) is 14.5. The third-order valence-corrected chi connectivity index (χ3v) is 4.55. The predicted octanol–water partition coefficient (Wildman–Crippen LogP) is 4.16. The number of halogens is 4. The molecule has 1 aliphatic rings. The Labute approximate surface area is 164 Å². The summed E-state index contributed by atoms with van der Waals surface area (Å²) in [6.45, 7) is 1.54. The molecule has 0 atom stereocenters. The summed E-state index contributed by atoms with van der Waals surface area (Å²) < 4.78 is 56.9. The Balaban J connectivity index is 1.61. The summed E-state index contributed by atoms with van der Waals surface area (Å²) in [5.41, 5.74) is -0.585. The van der Waals surface area contributed by atoms with E-state index < -0.39 is 11.9 Å². The highest BCUT2D eigenvalue weighted by molar-refractivity contribution is 6.35. The summed E-state index contributed by atoms with van der Waals surface area (Å²) in [6, 6.07) is 5.90. The molecule has 5 rings (SSSR count). The van der Waals surface area contributed by atoms with Crippen LogP contribution in [-0.2, 0) is 6.18 Å². The highest BCUT2D eigenvalue weighted by Gasteiger charge is 2.36. The first-order chi connectivity index (χ1) is 13.8. The van der Waals surface area contributed by atoms with Crippen LogP contribution in [0.25, 0.3) is 28.7 Å². The number of ether oxygens (including phenoxy) is 2. The van der Waals surface area contributed by atoms with E-state index >= 15 is 0 Å². The molecule has 1 aliphatic heterocycles. The third kappa shape index (κ3) is 2.85. The molecule has 0 unspecified atom stereocenters. The summed E-state index contributed by atoms with van der Waals surface area (Å²) in [6.07, 6.45) is -4.65. The molecule has 0 amide bonds. The first-order valence-corrected chi connectivity index (χ1v) is 8.56. The predicted molar refractivity (Wildman–Crippen MR) is 92.6 cm³/mol. The van der Waals surface area contributed by atoms with Gasteiger partial charge in [0.15, 0.2) is 22.8 Å². The largest absolute Gasteiger partial charge is 0.454 e. The van der Waals surface area contributed by atoms with Gasteiger partial charge in [-0.05, 0) is 31.2 Å². The highest BCUT2D eigenvalue weighted by Crippen LogP contribution is 2.38. The van der Waals surface area contributed by atoms with Crippen LogP contribution in [0.15, 0.2) is 28.7 Å². The average molecular weight is 424 g/mol. The summed E-state index contributed by atoms with van der Waals surface area (Å²) in [7, 11) is 0. The van der Waals surface area contributed by atoms with Crippen LogP contribution in [0, 0.1) is 6.92 Å². The number of hydrogen-bond acceptors (Lipinski definition) is 7. The van der Waals surface area contributed by atoms with Crippen molar-refractivity contribution >= 4 is 17.2 Å². The third-order valence-electron chi connectivity index (χ3n) is 4.20. The molecule has 4 aromatic rings. The molecule has 0 N–H and O–H groups in total. The quantitative estimate of drug-likeness (QED) is 0.478. The van der Waals surface area contributed by atoms with Crippen LogP contribution in [0.2, 0.25) is 5.02 Å². The van der Waals surface area contributed by atoms with Crippen LogP contribution in [-0.4, -0.2) is 31.6 Å². The fourth-order valence-electron chi connectivity index (χ4n) is 2.92. The van der Waals surface area contributed by atoms with Crippen LogP contribution < -0.4 is 9.47 Å². The highest BCUT2D eigenvalue weighted by atomic mass is 35.5. The van der Waals surface area contributed by atoms with Gasteiger partial charge in [-0.3, -0.25) is 0 Å². The number of aromatic nitrogens is 5. The minimum Gasteiger partial charge on any atom is -0.454 e. The van der Waals surface area contributed by atoms with Crippen molar-refractivity contribution in [1.82, 2.24) is 24.8 Å². The summed E-state index contributed by atoms with van der Waals surface area (Å²) in [5, 5.41) is 11.6. The van der Waals surface area contributed by atoms with Gasteiger partial charge < -0.3 is 13.9 Å². The molecule has 0 bridgehead atoms. The minimum atomic E-state index is -4.65. The Morgan fingerprint density at radius 1 is 1.07 bits per heavy atom. The van der Waals surface area contributed by atoms with Gasteiger partial charge in [-0.2, -0.15) is 18.3 Å². The lowest BCUT2D eigenvalue weighted by atomic mass is 10.2. The van der Waals surface area contributed by atoms with Crippen molar-refractivity contribution < 1.29 is 27.1 Å². The number of hydrogen-bond donors (Lipinski definition) is 0. The fraction of sp³-hybridized carbons (Fsp3) is 0.176. The molecule has 0 spiro atoms. The molecule has 0 radical (unpaired) electrons. The topological polar surface area (TPSA) is 87.6 Å². The van der Waals surface area contributed by atoms with Crippen molar-refractivity contribution in [1.29, 1.82) is 0 Å². The van der Waals surface area contributed by atoms with Crippen molar-refractivity contribution in [2.45, 2.75) is 13.1 Å². The SMILES string of the molecule is Cc1cc(C(F)(F)F)n2nc(-c3nnc(-c4ccc5c(c4)OCO5)o3)c(Cl)c2n1. The van der Waals surface area contributed by atoms with Crippen molar-refractivity contribution in [3.63, 3.8) is 0 Å². The molecule has 1 aromatic carbocycles. The van der Waals surface area contributed by atoms with Crippen LogP contribution in [0.5, 0.6) is 11.5 Å². The van der Waals surface area contributed by atoms with E-state index in [1.165, 1.54) is 6.92 Å². The maximum atomic E-state index is 13.4. The van der Waals surface area contributed by atoms with Crippen LogP contribution in [0.1, 0.15) is 11.4 Å². The monoisotopic (exact) mass is 423 g/mol. The number of alkyl halides is 3. The average Bonchev–Trinajstić information content (AvgIpc) is 3.39. The summed E-state index contributed by atoms with van der Waals surface area (Å²) >= 11 is 6.24. The van der Waals surface area contributed by atoms with Gasteiger partial charge in [-0.25, -0.2) is 9.50 Å². The van der Waals surface area contributed by atoms with Gasteiger partial charge in [0, 0.05) is 11.3 Å². The first-order valence-electron chi connectivity index (χ1n) is 8.18. The standard InChI is InChI=1S/C17H9ClF3N5O3/c1-7-4-11(17(19,20)21)26-14(22-7)12(18)13(25-26)16-24-23-15(29-16)8-2-3-9-10(5-8)28-6-27-9/h2-5H,6H2,1H3. The molecule has 12 heteroatoms. The fourth-order valence-corrected chi connectivity index (χ4v) is 3.16. The second-order valence-corrected chi connectivity index (χ2v) is 6.54. The van der Waals surface area contributed by atoms with E-state index in [0.29, 0.717) is 21.6 Å². The van der Waals surface area contributed by atoms with Gasteiger partial charge >= 0.3 is 6.18 Å². The van der Waals surface area contributed by atoms with Crippen molar-refractivity contribution in [3.05, 3.63) is 40.7 Å². The smallest absolute Gasteiger partial charge is 0.433 e. The summed E-state index contributed by atoms with van der Waals surface area (Å²) in [4.78, 5) is 4.05. The van der Waals surface area contributed by atoms with Gasteiger partial charge in [0.1, 0.15) is 10.7 Å². The number of benzene rings is 1. The Morgan fingerprint density at radius 3 is 2.62 bits per heavy atom. The van der Waals surface area contributed by atoms with E-state index in [4.69, 9.17) is 25.5 Å². The molecule has 29 heavy (non-hydrogen) atoms. The van der Waals surface area contributed by atoms with E-state index in [1.807, 2.05) is 0 Å². The zero-order chi connectivity index (χ0) is 20.3. The maximum Gasteiger partial charge on any atom is 0.433 e. The molecule has 4 heterocycles. The lowest BCUT2D eigenvalue weighted by molar-refractivity contribution is -0.142. The van der Waals surface area contributed by atoms with Crippen LogP contribution in [0.3, 0.4) is 0 Å². The molecular formula is C17H9ClF3N5O3. The van der Waals surface area contributed by atoms with E-state index in [1.54, 1.807) is 18.2 Å². The zero-order valence-corrected chi connectivity index (χ0v) is 15.2. The second kappa shape index (κ2) is 6.08. The van der Waals surface area contributed by atoms with Gasteiger partial charge in [0.25, 0.3) is 5.89 Å². The second-order valence-electron chi connectivity index (χ2n) is 6.16. The Morgan fingerprint density at radius 2 is 1.83 bits per heavy atom. The van der Waals surface area contributed by atoms with Crippen molar-refractivity contribution in [3.8, 4) is 34.5 Å². The molecular weight excluding hydrogens is 415 g/mol. The Hall–Kier alpha value is -3.34. The number of fused-ring (bicyclic) bond motifs is 2. The van der Waals surface area contributed by atoms with Gasteiger partial charge in [0.05, 0.1) is 0 Å². The normalized spacial score (nSPS) is 13.4. The van der Waals surface area contributed by atoms with E-state index in [9.17, 15) is 13.2 Å². The number of nitrogens with zero attached hydrogens (tertiary/aromatic N) is 5. The van der Waals surface area contributed by atoms with Gasteiger partial charge in [0.2, 0.25) is 12.7 Å². The van der Waals surface area contributed by atoms with Crippen molar-refractivity contribution in [2.75, 3.05) is 6.79 Å². The van der Waals surface area contributed by atoms with E-state index in [0.717, 1.165) is 6.07 Å². The molecule has 3 aromatic heterocycles. The molecule has 148 valence electrons. The van der Waals surface area contributed by atoms with E-state index in [-0.39, 0.29) is 40.6 Å². The lowest BCUT2D eigenvalue weighted by Crippen LogP contribution is -2.13. The molecule has 0 saturated carbocycles. The van der Waals surface area contributed by atoms with Crippen molar-refractivity contribution in [2.24, 2.45) is 0 Å². The maximum absolute atomic E-state index is 13.4. The molecule has 0 saturated heterocycles. The summed E-state index contributed by atoms with van der Waals surface area (Å²) in [5.74, 6) is 1.08. The first kappa shape index (κ1) is 17.7. The number of aryl methyl sites for hydroxylation is 1. The van der Waals surface area contributed by atoms with Crippen LogP contribution >= 0.6 is 11.6 Å². The molecule has 0 aliphatic carbocycles. The van der Waals surface area contributed by atoms with Gasteiger partial charge in [-0.1, -0.05) is 11.6 Å². The van der Waals surface area contributed by atoms with E-state index in [2.05, 4.69) is 20.3 Å².